The van der Waals surface area contributed by atoms with Gasteiger partial charge in [-0.1, -0.05) is 18.2 Å². The van der Waals surface area contributed by atoms with Crippen LogP contribution in [0.4, 0.5) is 0 Å². The van der Waals surface area contributed by atoms with Gasteiger partial charge in [0.15, 0.2) is 9.84 Å². The molecule has 2 heterocycles. The molecule has 2 unspecified atom stereocenters. The molecule has 0 spiro atoms. The van der Waals surface area contributed by atoms with Crippen molar-refractivity contribution in [3.63, 3.8) is 0 Å². The second kappa shape index (κ2) is 5.27. The van der Waals surface area contributed by atoms with Crippen LogP contribution < -0.4 is 5.32 Å². The van der Waals surface area contributed by atoms with Crippen molar-refractivity contribution in [3.05, 3.63) is 42.1 Å². The molecule has 5 nitrogen and oxygen atoms in total. The molecular weight excluding hydrogens is 312 g/mol. The van der Waals surface area contributed by atoms with Gasteiger partial charge in [-0.05, 0) is 12.1 Å². The molecule has 2 aromatic rings. The monoisotopic (exact) mass is 324 g/mol. The van der Waals surface area contributed by atoms with Crippen LogP contribution in [0.5, 0.6) is 0 Å². The summed E-state index contributed by atoms with van der Waals surface area (Å²) in [6.07, 6.45) is 1.56. The molecule has 1 N–H and O–H groups in total. The predicted octanol–water partition coefficient (Wildman–Crippen LogP) is 1.37. The van der Waals surface area contributed by atoms with Gasteiger partial charge < -0.3 is 5.32 Å². The van der Waals surface area contributed by atoms with Crippen molar-refractivity contribution in [1.82, 2.24) is 10.3 Å². The highest BCUT2D eigenvalue weighted by molar-refractivity contribution is 7.91. The summed E-state index contributed by atoms with van der Waals surface area (Å²) in [5.74, 6) is -0.548. The maximum atomic E-state index is 12.4. The van der Waals surface area contributed by atoms with E-state index in [4.69, 9.17) is 11.6 Å². The standard InChI is InChI=1S/C14H13ClN2O3S/c15-11-7-21(19,20)8-13(11)17-14(18)10-5-6-16-12-4-2-1-3-9(10)12/h1-6,11,13H,7-8H2,(H,17,18). The summed E-state index contributed by atoms with van der Waals surface area (Å²) in [5.41, 5.74) is 1.18. The average molecular weight is 325 g/mol. The number of hydrogen-bond donors (Lipinski definition) is 1. The Hall–Kier alpha value is -1.66. The fourth-order valence-corrected chi connectivity index (χ4v) is 5.03. The Labute approximate surface area is 127 Å². The summed E-state index contributed by atoms with van der Waals surface area (Å²) in [6.45, 7) is 0. The Balaban J connectivity index is 1.88. The number of halogens is 1. The summed E-state index contributed by atoms with van der Waals surface area (Å²) >= 11 is 6.01. The van der Waals surface area contributed by atoms with E-state index in [9.17, 15) is 13.2 Å². The zero-order valence-electron chi connectivity index (χ0n) is 11.0. The molecule has 1 aromatic heterocycles. The number of aromatic nitrogens is 1. The van der Waals surface area contributed by atoms with Crippen molar-refractivity contribution in [1.29, 1.82) is 0 Å². The molecule has 1 amide bonds. The molecule has 1 fully saturated rings. The van der Waals surface area contributed by atoms with E-state index in [1.54, 1.807) is 18.3 Å². The normalized spacial score (nSPS) is 24.0. The number of amides is 1. The minimum Gasteiger partial charge on any atom is -0.347 e. The van der Waals surface area contributed by atoms with Crippen LogP contribution in [0.25, 0.3) is 10.9 Å². The molecule has 7 heteroatoms. The fourth-order valence-electron chi connectivity index (χ4n) is 2.48. The van der Waals surface area contributed by atoms with E-state index in [2.05, 4.69) is 10.3 Å². The number of carbonyl (C=O) groups is 1. The van der Waals surface area contributed by atoms with Crippen molar-refractivity contribution in [2.45, 2.75) is 11.4 Å². The van der Waals surface area contributed by atoms with E-state index in [0.717, 1.165) is 5.39 Å². The van der Waals surface area contributed by atoms with Crippen LogP contribution in [0.1, 0.15) is 10.4 Å². The van der Waals surface area contributed by atoms with E-state index >= 15 is 0 Å². The Kier molecular flexibility index (Phi) is 3.59. The van der Waals surface area contributed by atoms with E-state index in [1.807, 2.05) is 18.2 Å². The number of rotatable bonds is 2. The van der Waals surface area contributed by atoms with Crippen LogP contribution in [-0.2, 0) is 9.84 Å². The van der Waals surface area contributed by atoms with Crippen molar-refractivity contribution in [2.24, 2.45) is 0 Å². The summed E-state index contributed by atoms with van der Waals surface area (Å²) < 4.78 is 23.1. The van der Waals surface area contributed by atoms with Crippen LogP contribution in [-0.4, -0.2) is 42.2 Å². The summed E-state index contributed by atoms with van der Waals surface area (Å²) in [5, 5.41) is 2.85. The molecule has 0 aliphatic carbocycles. The number of benzene rings is 1. The molecule has 110 valence electrons. The second-order valence-electron chi connectivity index (χ2n) is 5.05. The lowest BCUT2D eigenvalue weighted by Gasteiger charge is -2.15. The third-order valence-corrected chi connectivity index (χ3v) is 5.87. The quantitative estimate of drug-likeness (QED) is 0.846. The number of para-hydroxylation sites is 1. The highest BCUT2D eigenvalue weighted by atomic mass is 35.5. The van der Waals surface area contributed by atoms with Gasteiger partial charge in [0.25, 0.3) is 5.91 Å². The van der Waals surface area contributed by atoms with E-state index < -0.39 is 21.3 Å². The number of nitrogens with one attached hydrogen (secondary N) is 1. The van der Waals surface area contributed by atoms with Crippen molar-refractivity contribution < 1.29 is 13.2 Å². The first-order valence-electron chi connectivity index (χ1n) is 6.45. The first-order chi connectivity index (χ1) is 9.96. The fraction of sp³-hybridized carbons (Fsp3) is 0.286. The van der Waals surface area contributed by atoms with Crippen molar-refractivity contribution in [2.75, 3.05) is 11.5 Å². The smallest absolute Gasteiger partial charge is 0.252 e. The van der Waals surface area contributed by atoms with Gasteiger partial charge in [-0.3, -0.25) is 9.78 Å². The minimum absolute atomic E-state index is 0.101. The average Bonchev–Trinajstić information content (AvgIpc) is 2.70. The molecule has 1 aromatic carbocycles. The largest absolute Gasteiger partial charge is 0.347 e. The lowest BCUT2D eigenvalue weighted by molar-refractivity contribution is 0.0943. The Morgan fingerprint density at radius 3 is 2.71 bits per heavy atom. The molecule has 3 rings (SSSR count). The third kappa shape index (κ3) is 2.87. The highest BCUT2D eigenvalue weighted by Crippen LogP contribution is 2.20. The van der Waals surface area contributed by atoms with E-state index in [0.29, 0.717) is 11.1 Å². The lowest BCUT2D eigenvalue weighted by Crippen LogP contribution is -2.40. The number of nitrogens with zero attached hydrogens (tertiary/aromatic N) is 1. The SMILES string of the molecule is O=C(NC1CS(=O)(=O)CC1Cl)c1ccnc2ccccc12. The zero-order valence-corrected chi connectivity index (χ0v) is 12.6. The predicted molar refractivity (Wildman–Crippen MR) is 81.3 cm³/mol. The summed E-state index contributed by atoms with van der Waals surface area (Å²) in [4.78, 5) is 16.6. The Bertz CT molecular complexity index is 801. The highest BCUT2D eigenvalue weighted by Gasteiger charge is 2.37. The van der Waals surface area contributed by atoms with Crippen molar-refractivity contribution in [3.8, 4) is 0 Å². The summed E-state index contributed by atoms with van der Waals surface area (Å²) in [6, 6.07) is 8.35. The van der Waals surface area contributed by atoms with Crippen LogP contribution >= 0.6 is 11.6 Å². The van der Waals surface area contributed by atoms with Gasteiger partial charge in [-0.15, -0.1) is 11.6 Å². The third-order valence-electron chi connectivity index (χ3n) is 3.49. The van der Waals surface area contributed by atoms with Gasteiger partial charge in [-0.25, -0.2) is 8.42 Å². The molecule has 1 saturated heterocycles. The number of pyridine rings is 1. The molecule has 2 atom stereocenters. The van der Waals surface area contributed by atoms with Crippen LogP contribution in [0.2, 0.25) is 0 Å². The molecule has 0 saturated carbocycles. The molecule has 0 bridgehead atoms. The van der Waals surface area contributed by atoms with Crippen LogP contribution in [0.15, 0.2) is 36.5 Å². The zero-order chi connectivity index (χ0) is 15.0. The number of carbonyl (C=O) groups excluding carboxylic acids is 1. The first kappa shape index (κ1) is 14.3. The number of fused-ring (bicyclic) bond motifs is 1. The van der Waals surface area contributed by atoms with Gasteiger partial charge in [0.1, 0.15) is 0 Å². The second-order valence-corrected chi connectivity index (χ2v) is 7.76. The van der Waals surface area contributed by atoms with Gasteiger partial charge in [0.05, 0.1) is 34.0 Å². The molecule has 21 heavy (non-hydrogen) atoms. The Morgan fingerprint density at radius 1 is 1.24 bits per heavy atom. The van der Waals surface area contributed by atoms with Crippen LogP contribution in [0, 0.1) is 0 Å². The number of hydrogen-bond acceptors (Lipinski definition) is 4. The summed E-state index contributed by atoms with van der Waals surface area (Å²) in [7, 11) is -3.17. The number of sulfone groups is 1. The minimum atomic E-state index is -3.17. The molecule has 0 radical (unpaired) electrons. The van der Waals surface area contributed by atoms with Gasteiger partial charge in [0, 0.05) is 11.6 Å². The molecule has 1 aliphatic rings. The van der Waals surface area contributed by atoms with Gasteiger partial charge >= 0.3 is 0 Å². The van der Waals surface area contributed by atoms with Gasteiger partial charge in [0.2, 0.25) is 0 Å². The maximum absolute atomic E-state index is 12.4. The van der Waals surface area contributed by atoms with Crippen molar-refractivity contribution >= 4 is 38.2 Å². The van der Waals surface area contributed by atoms with Crippen LogP contribution in [0.3, 0.4) is 0 Å². The first-order valence-corrected chi connectivity index (χ1v) is 8.71. The number of alkyl halides is 1. The lowest BCUT2D eigenvalue weighted by atomic mass is 10.1. The van der Waals surface area contributed by atoms with E-state index in [1.165, 1.54) is 0 Å². The van der Waals surface area contributed by atoms with E-state index in [-0.39, 0.29) is 17.4 Å². The Morgan fingerprint density at radius 2 is 2.00 bits per heavy atom. The maximum Gasteiger partial charge on any atom is 0.252 e. The molecular formula is C14H13ClN2O3S. The topological polar surface area (TPSA) is 76.1 Å². The molecule has 1 aliphatic heterocycles. The van der Waals surface area contributed by atoms with Gasteiger partial charge in [-0.2, -0.15) is 0 Å².